The lowest BCUT2D eigenvalue weighted by Crippen LogP contribution is -2.62. The molecular weight excluding hydrogens is 364 g/mol. The van der Waals surface area contributed by atoms with E-state index in [4.69, 9.17) is 9.05 Å². The van der Waals surface area contributed by atoms with Crippen molar-refractivity contribution in [2.24, 2.45) is 0 Å². The van der Waals surface area contributed by atoms with Crippen LogP contribution in [0.2, 0.25) is 0 Å². The van der Waals surface area contributed by atoms with E-state index in [2.05, 4.69) is 19.9 Å². The van der Waals surface area contributed by atoms with Gasteiger partial charge in [0.1, 0.15) is 0 Å². The molecule has 3 unspecified atom stereocenters. The van der Waals surface area contributed by atoms with E-state index in [9.17, 15) is 18.9 Å². The lowest BCUT2D eigenvalue weighted by molar-refractivity contribution is -0.254. The molecule has 0 aromatic rings. The zero-order chi connectivity index (χ0) is 19.1. The van der Waals surface area contributed by atoms with Crippen molar-refractivity contribution in [1.29, 1.82) is 0 Å². The van der Waals surface area contributed by atoms with Crippen molar-refractivity contribution in [3.05, 3.63) is 11.6 Å². The van der Waals surface area contributed by atoms with Gasteiger partial charge in [-0.3, -0.25) is 18.2 Å². The van der Waals surface area contributed by atoms with Gasteiger partial charge < -0.3 is 9.79 Å². The zero-order valence-electron chi connectivity index (χ0n) is 15.7. The first-order chi connectivity index (χ1) is 11.8. The topological polar surface area (TPSA) is 96.3 Å². The fourth-order valence-corrected chi connectivity index (χ4v) is 5.40. The van der Waals surface area contributed by atoms with Crippen molar-refractivity contribution in [3.8, 4) is 0 Å². The molecule has 0 fully saturated rings. The van der Waals surface area contributed by atoms with E-state index in [1.807, 2.05) is 11.8 Å². The highest BCUT2D eigenvalue weighted by Gasteiger charge is 2.51. The van der Waals surface area contributed by atoms with Gasteiger partial charge in [-0.2, -0.15) is 0 Å². The van der Waals surface area contributed by atoms with Gasteiger partial charge in [0.25, 0.3) is 0 Å². The summed E-state index contributed by atoms with van der Waals surface area (Å²) in [6, 6.07) is 0. The van der Waals surface area contributed by atoms with Crippen LogP contribution in [-0.2, 0) is 18.2 Å². The number of likely N-dealkylation sites (N-methyl/N-ethyl adjacent to an activating group) is 1. The van der Waals surface area contributed by atoms with Crippen LogP contribution in [0.15, 0.2) is 11.6 Å². The van der Waals surface area contributed by atoms with Crippen LogP contribution in [0.3, 0.4) is 0 Å². The van der Waals surface area contributed by atoms with Crippen LogP contribution in [0.4, 0.5) is 0 Å². The smallest absolute Gasteiger partial charge is 0.320 e. The van der Waals surface area contributed by atoms with Gasteiger partial charge in [-0.25, -0.2) is 4.90 Å². The molecule has 1 aliphatic rings. The van der Waals surface area contributed by atoms with E-state index in [-0.39, 0.29) is 6.42 Å². The molecule has 1 rings (SSSR count). The minimum Gasteiger partial charge on any atom is -0.326 e. The first-order valence-corrected chi connectivity index (χ1v) is 11.7. The van der Waals surface area contributed by atoms with Gasteiger partial charge in [-0.05, 0) is 32.1 Å². The fourth-order valence-electron chi connectivity index (χ4n) is 4.17. The summed E-state index contributed by atoms with van der Waals surface area (Å²) in [5.41, 5.74) is 0.805. The third kappa shape index (κ3) is 5.26. The van der Waals surface area contributed by atoms with Crippen molar-refractivity contribution in [2.45, 2.75) is 84.1 Å². The van der Waals surface area contributed by atoms with E-state index in [1.54, 1.807) is 6.92 Å². The molecule has 2 N–H and O–H groups in total. The summed E-state index contributed by atoms with van der Waals surface area (Å²) in [5, 5.41) is 0. The minimum atomic E-state index is -3.38. The van der Waals surface area contributed by atoms with Gasteiger partial charge in [0.15, 0.2) is 0 Å². The van der Waals surface area contributed by atoms with Gasteiger partial charge in [0.2, 0.25) is 5.91 Å². The second-order valence-electron chi connectivity index (χ2n) is 6.26. The molecule has 0 spiro atoms. The Labute approximate surface area is 152 Å². The Kier molecular flexibility index (Phi) is 9.55. The SMILES string of the molecule is CCC1=CCCCCC1(CC)N(CC)C(CC)(O[PH](=O)O)O[PH](=O)O. The maximum atomic E-state index is 11.5. The zero-order valence-corrected chi connectivity index (χ0v) is 17.7. The van der Waals surface area contributed by atoms with Gasteiger partial charge in [-0.1, -0.05) is 45.8 Å². The standard InChI is InChI=1S/C16H33NO6P2/c1-5-14-12-10-9-11-13-15(14,6-2)17(8-4)16(7-3,22-24(18)19)23-25(20)21/h12,24-25H,5-11,13H2,1-4H3,(H,18,19)(H,20,21). The Morgan fingerprint density at radius 1 is 1.16 bits per heavy atom. The number of rotatable bonds is 10. The summed E-state index contributed by atoms with van der Waals surface area (Å²) in [6.45, 7) is 8.27. The average molecular weight is 397 g/mol. The average Bonchev–Trinajstić information content (AvgIpc) is 2.76. The highest BCUT2D eigenvalue weighted by molar-refractivity contribution is 7.33. The van der Waals surface area contributed by atoms with Crippen LogP contribution < -0.4 is 0 Å². The van der Waals surface area contributed by atoms with Gasteiger partial charge in [0.05, 0.1) is 0 Å². The molecule has 7 nitrogen and oxygen atoms in total. The molecular formula is C16H33NO6P2. The molecule has 0 aliphatic heterocycles. The highest BCUT2D eigenvalue weighted by atomic mass is 31.1. The van der Waals surface area contributed by atoms with E-state index in [0.29, 0.717) is 6.54 Å². The number of hydrogen-bond acceptors (Lipinski definition) is 5. The highest BCUT2D eigenvalue weighted by Crippen LogP contribution is 2.48. The summed E-state index contributed by atoms with van der Waals surface area (Å²) in [4.78, 5) is 20.8. The number of nitrogens with zero attached hydrogens (tertiary/aromatic N) is 1. The third-order valence-electron chi connectivity index (χ3n) is 5.18. The van der Waals surface area contributed by atoms with Crippen molar-refractivity contribution < 1.29 is 28.0 Å². The Hall–Kier alpha value is -0.0000000000000000208. The van der Waals surface area contributed by atoms with Crippen molar-refractivity contribution in [3.63, 3.8) is 0 Å². The predicted octanol–water partition coefficient (Wildman–Crippen LogP) is 4.23. The molecule has 0 amide bonds. The molecule has 0 saturated carbocycles. The number of allylic oxidation sites excluding steroid dienone is 1. The molecule has 3 atom stereocenters. The molecule has 0 heterocycles. The molecule has 0 aromatic heterocycles. The van der Waals surface area contributed by atoms with Crippen LogP contribution in [0, 0.1) is 0 Å². The first kappa shape index (κ1) is 23.0. The van der Waals surface area contributed by atoms with Crippen LogP contribution in [-0.4, -0.2) is 32.7 Å². The van der Waals surface area contributed by atoms with Gasteiger partial charge in [-0.15, -0.1) is 0 Å². The van der Waals surface area contributed by atoms with Crippen molar-refractivity contribution in [1.82, 2.24) is 4.90 Å². The third-order valence-corrected chi connectivity index (χ3v) is 6.17. The monoisotopic (exact) mass is 397 g/mol. The van der Waals surface area contributed by atoms with Crippen LogP contribution >= 0.6 is 16.5 Å². The maximum Gasteiger partial charge on any atom is 0.320 e. The molecule has 9 heteroatoms. The molecule has 1 aliphatic carbocycles. The van der Waals surface area contributed by atoms with Crippen molar-refractivity contribution >= 4 is 16.5 Å². The Morgan fingerprint density at radius 3 is 2.16 bits per heavy atom. The lowest BCUT2D eigenvalue weighted by atomic mass is 9.79. The summed E-state index contributed by atoms with van der Waals surface area (Å²) >= 11 is 0. The molecule has 0 saturated heterocycles. The summed E-state index contributed by atoms with van der Waals surface area (Å²) in [7, 11) is -6.75. The normalized spacial score (nSPS) is 26.6. The van der Waals surface area contributed by atoms with E-state index in [1.165, 1.54) is 5.57 Å². The van der Waals surface area contributed by atoms with Gasteiger partial charge >= 0.3 is 16.5 Å². The van der Waals surface area contributed by atoms with Gasteiger partial charge in [0, 0.05) is 18.5 Å². The van der Waals surface area contributed by atoms with E-state index in [0.717, 1.165) is 38.5 Å². The lowest BCUT2D eigenvalue weighted by Gasteiger charge is -2.52. The Bertz CT molecular complexity index is 497. The Morgan fingerprint density at radius 2 is 1.76 bits per heavy atom. The molecule has 0 bridgehead atoms. The van der Waals surface area contributed by atoms with Crippen LogP contribution in [0.5, 0.6) is 0 Å². The number of hydrogen-bond donors (Lipinski definition) is 2. The predicted molar refractivity (Wildman–Crippen MR) is 99.9 cm³/mol. The summed E-state index contributed by atoms with van der Waals surface area (Å²) in [6.07, 6.45) is 7.93. The molecule has 0 radical (unpaired) electrons. The Balaban J connectivity index is 3.53. The maximum absolute atomic E-state index is 11.5. The largest absolute Gasteiger partial charge is 0.326 e. The van der Waals surface area contributed by atoms with Crippen LogP contribution in [0.25, 0.3) is 0 Å². The van der Waals surface area contributed by atoms with E-state index >= 15 is 0 Å². The summed E-state index contributed by atoms with van der Waals surface area (Å²) in [5.74, 6) is -1.70. The van der Waals surface area contributed by atoms with Crippen LogP contribution in [0.1, 0.15) is 72.6 Å². The second-order valence-corrected chi connectivity index (χ2v) is 7.73. The molecule has 148 valence electrons. The molecule has 0 aromatic carbocycles. The summed E-state index contributed by atoms with van der Waals surface area (Å²) < 4.78 is 33.7. The second kappa shape index (κ2) is 10.4. The van der Waals surface area contributed by atoms with E-state index < -0.39 is 28.0 Å². The van der Waals surface area contributed by atoms with Crippen molar-refractivity contribution in [2.75, 3.05) is 6.54 Å². The first-order valence-electron chi connectivity index (χ1n) is 9.12. The fraction of sp³-hybridized carbons (Fsp3) is 0.875. The minimum absolute atomic E-state index is 0.160. The molecule has 25 heavy (non-hydrogen) atoms. The quantitative estimate of drug-likeness (QED) is 0.323.